The summed E-state index contributed by atoms with van der Waals surface area (Å²) in [6.45, 7) is 6.22. The molecule has 21 heavy (non-hydrogen) atoms. The Morgan fingerprint density at radius 1 is 1.24 bits per heavy atom. The van der Waals surface area contributed by atoms with Gasteiger partial charge in [0.2, 0.25) is 10.0 Å². The van der Waals surface area contributed by atoms with Crippen LogP contribution in [0.5, 0.6) is 0 Å². The topological polar surface area (TPSA) is 72.5 Å². The lowest BCUT2D eigenvalue weighted by atomic mass is 10.2. The second-order valence-electron chi connectivity index (χ2n) is 5.45. The molecule has 8 heteroatoms. The summed E-state index contributed by atoms with van der Waals surface area (Å²) in [7, 11) is -4.16. The molecule has 0 amide bonds. The summed E-state index contributed by atoms with van der Waals surface area (Å²) in [5.74, 6) is -3.22. The average Bonchev–Trinajstić information content (AvgIpc) is 2.29. The quantitative estimate of drug-likeness (QED) is 0.861. The maximum absolute atomic E-state index is 13.1. The molecule has 0 radical (unpaired) electrons. The highest BCUT2D eigenvalue weighted by molar-refractivity contribution is 7.89. The average molecular weight is 321 g/mol. The molecule has 0 unspecified atom stereocenters. The maximum atomic E-state index is 13.1. The highest BCUT2D eigenvalue weighted by Crippen LogP contribution is 2.15. The fraction of sp³-hybridized carbons (Fsp3) is 0.462. The van der Waals surface area contributed by atoms with E-state index in [9.17, 15) is 22.0 Å². The Morgan fingerprint density at radius 2 is 1.81 bits per heavy atom. The van der Waals surface area contributed by atoms with Gasteiger partial charge >= 0.3 is 5.97 Å². The van der Waals surface area contributed by atoms with Crippen LogP contribution in [-0.4, -0.2) is 26.0 Å². The molecule has 0 aliphatic heterocycles. The SMILES string of the molecule is C[C@@H](NS(=O)(=O)c1ccc(F)c(F)c1)C(=O)OC(C)(C)C. The van der Waals surface area contributed by atoms with E-state index in [0.717, 1.165) is 6.07 Å². The van der Waals surface area contributed by atoms with Crippen LogP contribution in [0.4, 0.5) is 8.78 Å². The first-order valence-corrected chi connectivity index (χ1v) is 7.61. The van der Waals surface area contributed by atoms with Crippen molar-refractivity contribution in [2.45, 2.75) is 44.2 Å². The normalized spacial score (nSPS) is 13.8. The predicted molar refractivity (Wildman–Crippen MR) is 72.0 cm³/mol. The van der Waals surface area contributed by atoms with Crippen LogP contribution in [-0.2, 0) is 19.6 Å². The zero-order chi connectivity index (χ0) is 16.4. The van der Waals surface area contributed by atoms with E-state index in [-0.39, 0.29) is 0 Å². The van der Waals surface area contributed by atoms with Crippen LogP contribution in [0.2, 0.25) is 0 Å². The molecule has 0 spiro atoms. The minimum absolute atomic E-state index is 0.475. The van der Waals surface area contributed by atoms with Gasteiger partial charge in [0.1, 0.15) is 11.6 Å². The summed E-state index contributed by atoms with van der Waals surface area (Å²) >= 11 is 0. The number of hydrogen-bond donors (Lipinski definition) is 1. The highest BCUT2D eigenvalue weighted by atomic mass is 32.2. The standard InChI is InChI=1S/C13H17F2NO4S/c1-8(12(17)20-13(2,3)4)16-21(18,19)9-5-6-10(14)11(15)7-9/h5-8,16H,1-4H3/t8-/m1/s1. The lowest BCUT2D eigenvalue weighted by Crippen LogP contribution is -2.42. The molecule has 1 aromatic carbocycles. The highest BCUT2D eigenvalue weighted by Gasteiger charge is 2.26. The molecule has 1 atom stereocenters. The molecule has 0 saturated heterocycles. The lowest BCUT2D eigenvalue weighted by Gasteiger charge is -2.22. The van der Waals surface area contributed by atoms with E-state index in [0.29, 0.717) is 12.1 Å². The van der Waals surface area contributed by atoms with Crippen molar-refractivity contribution in [3.05, 3.63) is 29.8 Å². The van der Waals surface area contributed by atoms with Crippen molar-refractivity contribution < 1.29 is 26.7 Å². The van der Waals surface area contributed by atoms with Gasteiger partial charge < -0.3 is 4.74 Å². The van der Waals surface area contributed by atoms with Crippen LogP contribution in [0, 0.1) is 11.6 Å². The monoisotopic (exact) mass is 321 g/mol. The number of rotatable bonds is 4. The second kappa shape index (κ2) is 6.07. The molecule has 1 N–H and O–H groups in total. The fourth-order valence-electron chi connectivity index (χ4n) is 1.38. The van der Waals surface area contributed by atoms with Gasteiger partial charge in [0.15, 0.2) is 11.6 Å². The summed E-state index contributed by atoms with van der Waals surface area (Å²) in [4.78, 5) is 11.2. The second-order valence-corrected chi connectivity index (χ2v) is 7.17. The van der Waals surface area contributed by atoms with Gasteiger partial charge in [-0.15, -0.1) is 0 Å². The Balaban J connectivity index is 2.89. The van der Waals surface area contributed by atoms with E-state index in [4.69, 9.17) is 4.74 Å². The predicted octanol–water partition coefficient (Wildman–Crippen LogP) is 1.97. The van der Waals surface area contributed by atoms with Crippen LogP contribution < -0.4 is 4.72 Å². The fourth-order valence-corrected chi connectivity index (χ4v) is 2.59. The number of halogens is 2. The van der Waals surface area contributed by atoms with Crippen molar-refractivity contribution in [3.63, 3.8) is 0 Å². The van der Waals surface area contributed by atoms with Gasteiger partial charge in [-0.25, -0.2) is 17.2 Å². The number of benzene rings is 1. The molecule has 0 aliphatic rings. The third kappa shape index (κ3) is 5.05. The zero-order valence-corrected chi connectivity index (χ0v) is 12.9. The minimum atomic E-state index is -4.16. The summed E-state index contributed by atoms with van der Waals surface area (Å²) in [6.07, 6.45) is 0. The van der Waals surface area contributed by atoms with Crippen LogP contribution in [0.3, 0.4) is 0 Å². The Kier molecular flexibility index (Phi) is 5.06. The zero-order valence-electron chi connectivity index (χ0n) is 12.1. The molecular formula is C13H17F2NO4S. The Morgan fingerprint density at radius 3 is 2.29 bits per heavy atom. The van der Waals surface area contributed by atoms with Gasteiger partial charge in [0.25, 0.3) is 0 Å². The van der Waals surface area contributed by atoms with E-state index < -0.39 is 44.2 Å². The minimum Gasteiger partial charge on any atom is -0.459 e. The van der Waals surface area contributed by atoms with Gasteiger partial charge in [0, 0.05) is 0 Å². The third-order valence-electron chi connectivity index (χ3n) is 2.29. The summed E-state index contributed by atoms with van der Waals surface area (Å²) in [5.41, 5.74) is -0.765. The number of carbonyl (C=O) groups is 1. The Hall–Kier alpha value is -1.54. The molecule has 0 aromatic heterocycles. The number of hydrogen-bond acceptors (Lipinski definition) is 4. The van der Waals surface area contributed by atoms with Crippen molar-refractivity contribution in [1.82, 2.24) is 4.72 Å². The smallest absolute Gasteiger partial charge is 0.324 e. The first kappa shape index (κ1) is 17.5. The van der Waals surface area contributed by atoms with E-state index in [2.05, 4.69) is 4.72 Å². The van der Waals surface area contributed by atoms with E-state index in [1.807, 2.05) is 0 Å². The number of nitrogens with one attached hydrogen (secondary N) is 1. The molecule has 0 saturated carbocycles. The van der Waals surface area contributed by atoms with Gasteiger partial charge in [-0.1, -0.05) is 0 Å². The van der Waals surface area contributed by atoms with E-state index >= 15 is 0 Å². The number of sulfonamides is 1. The van der Waals surface area contributed by atoms with E-state index in [1.165, 1.54) is 6.92 Å². The molecule has 0 fully saturated rings. The number of carbonyl (C=O) groups excluding carboxylic acids is 1. The Labute approximate surface area is 122 Å². The van der Waals surface area contributed by atoms with Crippen molar-refractivity contribution in [2.24, 2.45) is 0 Å². The van der Waals surface area contributed by atoms with E-state index in [1.54, 1.807) is 20.8 Å². The first-order valence-electron chi connectivity index (χ1n) is 6.12. The maximum Gasteiger partial charge on any atom is 0.324 e. The van der Waals surface area contributed by atoms with Crippen molar-refractivity contribution in [2.75, 3.05) is 0 Å². The molecule has 0 aliphatic carbocycles. The molecule has 5 nitrogen and oxygen atoms in total. The van der Waals surface area contributed by atoms with Crippen LogP contribution >= 0.6 is 0 Å². The molecular weight excluding hydrogens is 304 g/mol. The summed E-state index contributed by atoms with van der Waals surface area (Å²) in [5, 5.41) is 0. The molecule has 0 heterocycles. The van der Waals surface area contributed by atoms with Crippen molar-refractivity contribution >= 4 is 16.0 Å². The molecule has 1 aromatic rings. The molecule has 1 rings (SSSR count). The lowest BCUT2D eigenvalue weighted by molar-refractivity contribution is -0.156. The van der Waals surface area contributed by atoms with Gasteiger partial charge in [-0.2, -0.15) is 4.72 Å². The van der Waals surface area contributed by atoms with Crippen LogP contribution in [0.15, 0.2) is 23.1 Å². The largest absolute Gasteiger partial charge is 0.459 e. The number of ether oxygens (including phenoxy) is 1. The first-order chi connectivity index (χ1) is 9.42. The van der Waals surface area contributed by atoms with Gasteiger partial charge in [-0.3, -0.25) is 4.79 Å². The summed E-state index contributed by atoms with van der Waals surface area (Å²) in [6, 6.07) is 0.978. The third-order valence-corrected chi connectivity index (χ3v) is 3.83. The van der Waals surface area contributed by atoms with Gasteiger partial charge in [-0.05, 0) is 45.9 Å². The van der Waals surface area contributed by atoms with Crippen molar-refractivity contribution in [1.29, 1.82) is 0 Å². The van der Waals surface area contributed by atoms with Crippen LogP contribution in [0.25, 0.3) is 0 Å². The van der Waals surface area contributed by atoms with Gasteiger partial charge in [0.05, 0.1) is 4.90 Å². The Bertz CT molecular complexity index is 638. The summed E-state index contributed by atoms with van der Waals surface area (Å²) < 4.78 is 56.9. The number of esters is 1. The molecule has 118 valence electrons. The van der Waals surface area contributed by atoms with Crippen molar-refractivity contribution in [3.8, 4) is 0 Å². The van der Waals surface area contributed by atoms with Crippen LogP contribution in [0.1, 0.15) is 27.7 Å². The molecule has 0 bridgehead atoms.